The van der Waals surface area contributed by atoms with Crippen molar-refractivity contribution >= 4 is 26.0 Å². The van der Waals surface area contributed by atoms with Gasteiger partial charge in [-0.1, -0.05) is 12.5 Å². The molecule has 1 aromatic rings. The van der Waals surface area contributed by atoms with Crippen LogP contribution in [-0.2, 0) is 24.8 Å². The van der Waals surface area contributed by atoms with Crippen LogP contribution in [0.1, 0.15) is 19.3 Å². The van der Waals surface area contributed by atoms with Crippen LogP contribution in [0, 0.1) is 0 Å². The average molecular weight is 362 g/mol. The summed E-state index contributed by atoms with van der Waals surface area (Å²) >= 11 is 0. The van der Waals surface area contributed by atoms with Crippen molar-refractivity contribution in [2.75, 3.05) is 19.6 Å². The number of nitrogens with one attached hydrogen (secondary N) is 1. The Morgan fingerprint density at radius 1 is 1.09 bits per heavy atom. The van der Waals surface area contributed by atoms with Gasteiger partial charge in [0.05, 0.1) is 9.79 Å². The number of nitrogens with zero attached hydrogens (tertiary/aromatic N) is 1. The number of rotatable bonds is 6. The molecule has 8 nitrogen and oxygen atoms in total. The van der Waals surface area contributed by atoms with Gasteiger partial charge in [0, 0.05) is 13.1 Å². The molecule has 0 amide bonds. The second-order valence-electron chi connectivity index (χ2n) is 5.16. The predicted octanol–water partition coefficient (Wildman–Crippen LogP) is 0.224. The van der Waals surface area contributed by atoms with Crippen LogP contribution in [0.2, 0.25) is 0 Å². The van der Waals surface area contributed by atoms with Gasteiger partial charge in [-0.05, 0) is 31.0 Å². The average Bonchev–Trinajstić information content (AvgIpc) is 2.54. The van der Waals surface area contributed by atoms with Crippen LogP contribution in [0.5, 0.6) is 0 Å². The van der Waals surface area contributed by atoms with Gasteiger partial charge in [0.15, 0.2) is 0 Å². The minimum absolute atomic E-state index is 0.113. The highest BCUT2D eigenvalue weighted by molar-refractivity contribution is 7.90. The molecule has 0 aromatic heterocycles. The molecule has 128 valence electrons. The van der Waals surface area contributed by atoms with E-state index in [4.69, 9.17) is 5.11 Å². The molecular formula is C13H18N2O6S2. The van der Waals surface area contributed by atoms with E-state index in [-0.39, 0.29) is 9.79 Å². The second kappa shape index (κ2) is 6.95. The highest BCUT2D eigenvalue weighted by atomic mass is 32.2. The Labute approximate surface area is 135 Å². The molecule has 0 aliphatic carbocycles. The molecule has 0 radical (unpaired) electrons. The van der Waals surface area contributed by atoms with Gasteiger partial charge in [-0.3, -0.25) is 4.79 Å². The summed E-state index contributed by atoms with van der Waals surface area (Å²) in [5.74, 6) is -1.33. The van der Waals surface area contributed by atoms with E-state index in [1.54, 1.807) is 0 Å². The monoisotopic (exact) mass is 362 g/mol. The fraction of sp³-hybridized carbons (Fsp3) is 0.462. The zero-order valence-corrected chi connectivity index (χ0v) is 13.9. The van der Waals surface area contributed by atoms with Gasteiger partial charge in [-0.2, -0.15) is 9.03 Å². The number of piperidine rings is 1. The van der Waals surface area contributed by atoms with Crippen LogP contribution in [0.3, 0.4) is 0 Å². The van der Waals surface area contributed by atoms with Crippen LogP contribution >= 0.6 is 0 Å². The first kappa shape index (κ1) is 17.9. The number of hydrogen-bond donors (Lipinski definition) is 2. The molecule has 1 aromatic carbocycles. The van der Waals surface area contributed by atoms with Crippen molar-refractivity contribution in [3.05, 3.63) is 24.3 Å². The van der Waals surface area contributed by atoms with Crippen molar-refractivity contribution in [1.29, 1.82) is 0 Å². The Morgan fingerprint density at radius 3 is 2.30 bits per heavy atom. The molecule has 1 heterocycles. The van der Waals surface area contributed by atoms with Crippen molar-refractivity contribution < 1.29 is 26.7 Å². The van der Waals surface area contributed by atoms with Crippen LogP contribution < -0.4 is 4.72 Å². The van der Waals surface area contributed by atoms with Crippen molar-refractivity contribution in [3.63, 3.8) is 0 Å². The number of carbonyl (C=O) groups is 1. The summed E-state index contributed by atoms with van der Waals surface area (Å²) in [4.78, 5) is 10.1. The number of sulfonamides is 2. The summed E-state index contributed by atoms with van der Waals surface area (Å²) in [5, 5.41) is 8.55. The maximum Gasteiger partial charge on any atom is 0.318 e. The Morgan fingerprint density at radius 2 is 1.70 bits per heavy atom. The van der Waals surface area contributed by atoms with Crippen LogP contribution in [0.4, 0.5) is 0 Å². The third-order valence-electron chi connectivity index (χ3n) is 3.48. The molecule has 1 fully saturated rings. The summed E-state index contributed by atoms with van der Waals surface area (Å²) in [7, 11) is -7.83. The van der Waals surface area contributed by atoms with Crippen molar-refractivity contribution in [1.82, 2.24) is 9.03 Å². The number of aliphatic carboxylic acids is 1. The molecule has 23 heavy (non-hydrogen) atoms. The molecule has 2 rings (SSSR count). The minimum atomic E-state index is -4.08. The molecule has 0 unspecified atom stereocenters. The SMILES string of the molecule is O=C(O)CNS(=O)(=O)c1cccc(S(=O)(=O)N2CCCCC2)c1. The fourth-order valence-electron chi connectivity index (χ4n) is 2.30. The molecule has 0 spiro atoms. The highest BCUT2D eigenvalue weighted by Gasteiger charge is 2.27. The van der Waals surface area contributed by atoms with E-state index in [2.05, 4.69) is 0 Å². The van der Waals surface area contributed by atoms with E-state index in [0.29, 0.717) is 13.1 Å². The van der Waals surface area contributed by atoms with Crippen molar-refractivity contribution in [2.24, 2.45) is 0 Å². The molecule has 1 saturated heterocycles. The third-order valence-corrected chi connectivity index (χ3v) is 6.78. The maximum absolute atomic E-state index is 12.5. The Hall–Kier alpha value is -1.49. The zero-order chi connectivity index (χ0) is 17.1. The lowest BCUT2D eigenvalue weighted by Crippen LogP contribution is -2.35. The number of benzene rings is 1. The Bertz CT molecular complexity index is 782. The van der Waals surface area contributed by atoms with Crippen LogP contribution in [0.25, 0.3) is 0 Å². The van der Waals surface area contributed by atoms with Gasteiger partial charge in [0.1, 0.15) is 6.54 Å². The lowest BCUT2D eigenvalue weighted by Gasteiger charge is -2.26. The van der Waals surface area contributed by atoms with Crippen LogP contribution in [-0.4, -0.2) is 51.9 Å². The fourth-order valence-corrected chi connectivity index (χ4v) is 4.95. The number of carboxylic acid groups (broad SMARTS) is 1. The van der Waals surface area contributed by atoms with Gasteiger partial charge in [-0.15, -0.1) is 0 Å². The Balaban J connectivity index is 2.30. The lowest BCUT2D eigenvalue weighted by atomic mass is 10.2. The molecule has 1 aliphatic heterocycles. The normalized spacial score (nSPS) is 17.0. The first-order chi connectivity index (χ1) is 10.7. The lowest BCUT2D eigenvalue weighted by molar-refractivity contribution is -0.135. The summed E-state index contributed by atoms with van der Waals surface area (Å²) < 4.78 is 52.4. The summed E-state index contributed by atoms with van der Waals surface area (Å²) in [6.07, 6.45) is 2.52. The Kier molecular flexibility index (Phi) is 5.40. The first-order valence-electron chi connectivity index (χ1n) is 7.05. The smallest absolute Gasteiger partial charge is 0.318 e. The molecule has 10 heteroatoms. The summed E-state index contributed by atoms with van der Waals surface area (Å²) in [6.45, 7) is 0.0542. The van der Waals surface area contributed by atoms with Gasteiger partial charge in [0.25, 0.3) is 0 Å². The van der Waals surface area contributed by atoms with Gasteiger partial charge in [-0.25, -0.2) is 16.8 Å². The first-order valence-corrected chi connectivity index (χ1v) is 9.97. The third kappa shape index (κ3) is 4.28. The minimum Gasteiger partial charge on any atom is -0.480 e. The molecule has 0 atom stereocenters. The van der Waals surface area contributed by atoms with E-state index in [1.165, 1.54) is 22.5 Å². The largest absolute Gasteiger partial charge is 0.480 e. The van der Waals surface area contributed by atoms with Crippen molar-refractivity contribution in [3.8, 4) is 0 Å². The summed E-state index contributed by atoms with van der Waals surface area (Å²) in [6, 6.07) is 4.93. The highest BCUT2D eigenvalue weighted by Crippen LogP contribution is 2.22. The van der Waals surface area contributed by atoms with E-state index >= 15 is 0 Å². The molecule has 2 N–H and O–H groups in total. The number of carboxylic acids is 1. The van der Waals surface area contributed by atoms with E-state index in [1.807, 2.05) is 4.72 Å². The van der Waals surface area contributed by atoms with E-state index < -0.39 is 32.6 Å². The topological polar surface area (TPSA) is 121 Å². The quantitative estimate of drug-likeness (QED) is 0.747. The van der Waals surface area contributed by atoms with Crippen molar-refractivity contribution in [2.45, 2.75) is 29.1 Å². The maximum atomic E-state index is 12.5. The molecular weight excluding hydrogens is 344 g/mol. The van der Waals surface area contributed by atoms with Crippen LogP contribution in [0.15, 0.2) is 34.1 Å². The molecule has 1 aliphatic rings. The number of hydrogen-bond acceptors (Lipinski definition) is 5. The van der Waals surface area contributed by atoms with Gasteiger partial charge >= 0.3 is 5.97 Å². The van der Waals surface area contributed by atoms with Gasteiger partial charge < -0.3 is 5.11 Å². The molecule has 0 saturated carbocycles. The van der Waals surface area contributed by atoms with Gasteiger partial charge in [0.2, 0.25) is 20.0 Å². The molecule has 0 bridgehead atoms. The second-order valence-corrected chi connectivity index (χ2v) is 8.86. The predicted molar refractivity (Wildman–Crippen MR) is 81.9 cm³/mol. The zero-order valence-electron chi connectivity index (χ0n) is 12.3. The summed E-state index contributed by atoms with van der Waals surface area (Å²) in [5.41, 5.74) is 0. The van der Waals surface area contributed by atoms with E-state index in [0.717, 1.165) is 25.3 Å². The van der Waals surface area contributed by atoms with E-state index in [9.17, 15) is 21.6 Å². The standard InChI is InChI=1S/C13H18N2O6S2/c16-13(17)10-14-22(18,19)11-5-4-6-12(9-11)23(20,21)15-7-2-1-3-8-15/h4-6,9,14H,1-3,7-8,10H2,(H,16,17).